The van der Waals surface area contributed by atoms with Gasteiger partial charge in [-0.25, -0.2) is 8.35 Å². The fourth-order valence-electron chi connectivity index (χ4n) is 2.43. The van der Waals surface area contributed by atoms with Crippen LogP contribution in [0.25, 0.3) is 0 Å². The first kappa shape index (κ1) is 19.6. The molecule has 0 aliphatic rings. The molecule has 0 aliphatic heterocycles. The molecule has 27 heavy (non-hydrogen) atoms. The Bertz CT molecular complexity index is 1020. The van der Waals surface area contributed by atoms with Crippen LogP contribution in [0.4, 0.5) is 10.1 Å². The van der Waals surface area contributed by atoms with Gasteiger partial charge in [0.05, 0.1) is 10.0 Å². The number of anilines is 1. The van der Waals surface area contributed by atoms with E-state index in [4.69, 9.17) is 28.6 Å². The summed E-state index contributed by atoms with van der Waals surface area (Å²) in [5.41, 5.74) is 2.06. The SMILES string of the molecule is Cc1cc(=N)n(C(=NCCc2ccc(F)cc2)Nc2ccc(Cl)c(Cl)c2)s1. The third-order valence-electron chi connectivity index (χ3n) is 3.74. The number of aromatic nitrogens is 1. The number of halogens is 3. The highest BCUT2D eigenvalue weighted by molar-refractivity contribution is 7.07. The van der Waals surface area contributed by atoms with Crippen LogP contribution in [0.1, 0.15) is 10.4 Å². The van der Waals surface area contributed by atoms with Crippen molar-refractivity contribution in [3.8, 4) is 0 Å². The summed E-state index contributed by atoms with van der Waals surface area (Å²) in [5, 5.41) is 12.3. The zero-order valence-corrected chi connectivity index (χ0v) is 16.8. The van der Waals surface area contributed by atoms with E-state index in [0.717, 1.165) is 16.1 Å². The Morgan fingerprint density at radius 2 is 1.89 bits per heavy atom. The lowest BCUT2D eigenvalue weighted by Gasteiger charge is -2.11. The van der Waals surface area contributed by atoms with Gasteiger partial charge in [0.1, 0.15) is 11.3 Å². The Balaban J connectivity index is 1.84. The van der Waals surface area contributed by atoms with Gasteiger partial charge in [-0.2, -0.15) is 0 Å². The van der Waals surface area contributed by atoms with E-state index in [9.17, 15) is 4.39 Å². The average molecular weight is 423 g/mol. The molecule has 1 aromatic heterocycles. The van der Waals surface area contributed by atoms with Crippen molar-refractivity contribution in [3.05, 3.63) is 80.3 Å². The zero-order valence-electron chi connectivity index (χ0n) is 14.5. The highest BCUT2D eigenvalue weighted by atomic mass is 35.5. The summed E-state index contributed by atoms with van der Waals surface area (Å²) >= 11 is 13.5. The van der Waals surface area contributed by atoms with E-state index >= 15 is 0 Å². The van der Waals surface area contributed by atoms with Crippen LogP contribution in [0.15, 0.2) is 53.5 Å². The Morgan fingerprint density at radius 1 is 1.15 bits per heavy atom. The zero-order chi connectivity index (χ0) is 19.4. The monoisotopic (exact) mass is 422 g/mol. The number of aryl methyl sites for hydroxylation is 1. The molecular formula is C19H17Cl2FN4S. The molecule has 0 spiro atoms. The summed E-state index contributed by atoms with van der Waals surface area (Å²) in [5.74, 6) is 0.270. The van der Waals surface area contributed by atoms with Gasteiger partial charge < -0.3 is 5.32 Å². The minimum atomic E-state index is -0.257. The second-order valence-corrected chi connectivity index (χ2v) is 7.87. The molecule has 3 rings (SSSR count). The van der Waals surface area contributed by atoms with Crippen LogP contribution < -0.4 is 10.8 Å². The highest BCUT2D eigenvalue weighted by Crippen LogP contribution is 2.25. The summed E-state index contributed by atoms with van der Waals surface area (Å²) in [7, 11) is 0. The van der Waals surface area contributed by atoms with E-state index in [1.807, 2.05) is 6.92 Å². The van der Waals surface area contributed by atoms with E-state index < -0.39 is 0 Å². The van der Waals surface area contributed by atoms with Gasteiger partial charge in [0.2, 0.25) is 5.96 Å². The van der Waals surface area contributed by atoms with Gasteiger partial charge in [-0.15, -0.1) is 0 Å². The van der Waals surface area contributed by atoms with Gasteiger partial charge in [-0.3, -0.25) is 10.4 Å². The predicted octanol–water partition coefficient (Wildman–Crippen LogP) is 5.34. The van der Waals surface area contributed by atoms with Gasteiger partial charge >= 0.3 is 0 Å². The number of rotatable bonds is 4. The topological polar surface area (TPSA) is 53.2 Å². The van der Waals surface area contributed by atoms with Crippen molar-refractivity contribution in [1.29, 1.82) is 5.41 Å². The van der Waals surface area contributed by atoms with Crippen LogP contribution in [-0.4, -0.2) is 16.5 Å². The number of nitrogens with zero attached hydrogens (tertiary/aromatic N) is 2. The second kappa shape index (κ2) is 8.69. The van der Waals surface area contributed by atoms with Crippen molar-refractivity contribution in [2.24, 2.45) is 4.99 Å². The molecular weight excluding hydrogens is 406 g/mol. The molecule has 0 aliphatic carbocycles. The maximum absolute atomic E-state index is 13.0. The lowest BCUT2D eigenvalue weighted by atomic mass is 10.1. The lowest BCUT2D eigenvalue weighted by Crippen LogP contribution is -2.28. The van der Waals surface area contributed by atoms with Crippen molar-refractivity contribution < 1.29 is 4.39 Å². The number of benzene rings is 2. The molecule has 2 aromatic carbocycles. The molecule has 0 fully saturated rings. The van der Waals surface area contributed by atoms with E-state index in [-0.39, 0.29) is 5.82 Å². The summed E-state index contributed by atoms with van der Waals surface area (Å²) in [6.45, 7) is 2.42. The lowest BCUT2D eigenvalue weighted by molar-refractivity contribution is 0.627. The first-order chi connectivity index (χ1) is 12.9. The van der Waals surface area contributed by atoms with Crippen LogP contribution in [0.2, 0.25) is 10.0 Å². The van der Waals surface area contributed by atoms with E-state index in [0.29, 0.717) is 34.5 Å². The molecule has 0 unspecified atom stereocenters. The van der Waals surface area contributed by atoms with Crippen molar-refractivity contribution in [2.45, 2.75) is 13.3 Å². The molecule has 0 atom stereocenters. The number of aliphatic imine (C=N–C) groups is 1. The van der Waals surface area contributed by atoms with Gasteiger partial charge in [0, 0.05) is 17.1 Å². The van der Waals surface area contributed by atoms with Gasteiger partial charge in [0.25, 0.3) is 0 Å². The Labute approximate surface area is 170 Å². The predicted molar refractivity (Wildman–Crippen MR) is 111 cm³/mol. The maximum Gasteiger partial charge on any atom is 0.218 e. The van der Waals surface area contributed by atoms with E-state index in [2.05, 4.69) is 10.3 Å². The van der Waals surface area contributed by atoms with Crippen LogP contribution in [-0.2, 0) is 6.42 Å². The summed E-state index contributed by atoms with van der Waals surface area (Å²) in [4.78, 5) is 5.62. The Kier molecular flexibility index (Phi) is 6.31. The summed E-state index contributed by atoms with van der Waals surface area (Å²) < 4.78 is 14.7. The molecule has 4 nitrogen and oxygen atoms in total. The average Bonchev–Trinajstić information content (AvgIpc) is 2.97. The highest BCUT2D eigenvalue weighted by Gasteiger charge is 2.09. The van der Waals surface area contributed by atoms with Gasteiger partial charge in [-0.05, 0) is 55.3 Å². The molecule has 0 bridgehead atoms. The quantitative estimate of drug-likeness (QED) is 0.432. The number of hydrogen-bond donors (Lipinski definition) is 2. The Morgan fingerprint density at radius 3 is 2.52 bits per heavy atom. The van der Waals surface area contributed by atoms with E-state index in [1.54, 1.807) is 40.4 Å². The molecule has 3 aromatic rings. The third kappa shape index (κ3) is 5.19. The number of hydrogen-bond acceptors (Lipinski definition) is 3. The number of nitrogens with one attached hydrogen (secondary N) is 2. The molecule has 0 radical (unpaired) electrons. The van der Waals surface area contributed by atoms with Crippen LogP contribution in [0, 0.1) is 18.2 Å². The third-order valence-corrected chi connectivity index (χ3v) is 5.43. The first-order valence-electron chi connectivity index (χ1n) is 8.18. The van der Waals surface area contributed by atoms with Crippen LogP contribution in [0.3, 0.4) is 0 Å². The fourth-order valence-corrected chi connectivity index (χ4v) is 3.52. The molecule has 2 N–H and O–H groups in total. The minimum absolute atomic E-state index is 0.257. The molecule has 0 saturated heterocycles. The molecule has 0 amide bonds. The summed E-state index contributed by atoms with van der Waals surface area (Å²) in [6.07, 6.45) is 0.658. The first-order valence-corrected chi connectivity index (χ1v) is 9.71. The molecule has 1 heterocycles. The van der Waals surface area contributed by atoms with Crippen molar-refractivity contribution in [3.63, 3.8) is 0 Å². The van der Waals surface area contributed by atoms with Gasteiger partial charge in [-0.1, -0.05) is 46.9 Å². The summed E-state index contributed by atoms with van der Waals surface area (Å²) in [6, 6.07) is 13.4. The largest absolute Gasteiger partial charge is 0.325 e. The smallest absolute Gasteiger partial charge is 0.218 e. The maximum atomic E-state index is 13.0. The molecule has 0 saturated carbocycles. The van der Waals surface area contributed by atoms with E-state index in [1.165, 1.54) is 23.7 Å². The Hall–Kier alpha value is -2.15. The van der Waals surface area contributed by atoms with Crippen LogP contribution in [0.5, 0.6) is 0 Å². The fraction of sp³-hybridized carbons (Fsp3) is 0.158. The van der Waals surface area contributed by atoms with Crippen molar-refractivity contribution >= 4 is 46.4 Å². The minimum Gasteiger partial charge on any atom is -0.325 e. The molecule has 140 valence electrons. The second-order valence-electron chi connectivity index (χ2n) is 5.86. The normalized spacial score (nSPS) is 11.6. The standard InChI is InChI=1S/C19H17Cl2FN4S/c1-12-10-18(23)26(27-12)19(25-15-6-7-16(20)17(21)11-15)24-9-8-13-2-4-14(22)5-3-13/h2-7,10-11,23H,8-9H2,1H3,(H,24,25). The van der Waals surface area contributed by atoms with Crippen LogP contribution >= 0.6 is 34.7 Å². The molecule has 8 heteroatoms. The van der Waals surface area contributed by atoms with Crippen molar-refractivity contribution in [2.75, 3.05) is 11.9 Å². The van der Waals surface area contributed by atoms with Crippen molar-refractivity contribution in [1.82, 2.24) is 3.96 Å². The van der Waals surface area contributed by atoms with Gasteiger partial charge in [0.15, 0.2) is 0 Å².